The van der Waals surface area contributed by atoms with Crippen molar-refractivity contribution < 1.29 is 9.53 Å². The van der Waals surface area contributed by atoms with E-state index in [0.717, 1.165) is 38.5 Å². The van der Waals surface area contributed by atoms with Crippen LogP contribution in [0.15, 0.2) is 24.3 Å². The molecule has 1 aliphatic rings. The second-order valence-electron chi connectivity index (χ2n) is 7.20. The summed E-state index contributed by atoms with van der Waals surface area (Å²) in [6.45, 7) is 8.08. The molecule has 1 unspecified atom stereocenters. The standard InChI is InChI=1S/C19H28O2/c1-5-18(2,3)17(20)21-19(4)13-8-11-15-9-6-7-10-16(15)12-14-19/h6-7,9-10H,5,8,11-14H2,1-4H3. The van der Waals surface area contributed by atoms with Crippen LogP contribution in [0.25, 0.3) is 0 Å². The predicted octanol–water partition coefficient (Wildman–Crippen LogP) is 4.69. The van der Waals surface area contributed by atoms with E-state index in [4.69, 9.17) is 4.74 Å². The van der Waals surface area contributed by atoms with E-state index < -0.39 is 0 Å². The zero-order chi connectivity index (χ0) is 15.5. The van der Waals surface area contributed by atoms with Crippen LogP contribution in [0.3, 0.4) is 0 Å². The SMILES string of the molecule is CCC(C)(C)C(=O)OC1(C)CCCc2ccccc2CC1. The number of fused-ring (bicyclic) bond motifs is 1. The van der Waals surface area contributed by atoms with E-state index in [-0.39, 0.29) is 17.0 Å². The lowest BCUT2D eigenvalue weighted by Crippen LogP contribution is -2.38. The monoisotopic (exact) mass is 288 g/mol. The Morgan fingerprint density at radius 1 is 1.19 bits per heavy atom. The number of hydrogen-bond acceptors (Lipinski definition) is 2. The minimum atomic E-state index is -0.386. The van der Waals surface area contributed by atoms with Crippen molar-refractivity contribution in [2.45, 2.75) is 71.8 Å². The van der Waals surface area contributed by atoms with Crippen LogP contribution in [-0.4, -0.2) is 11.6 Å². The first-order valence-electron chi connectivity index (χ1n) is 8.16. The summed E-state index contributed by atoms with van der Waals surface area (Å²) in [6, 6.07) is 8.65. The molecule has 0 N–H and O–H groups in total. The van der Waals surface area contributed by atoms with Gasteiger partial charge in [-0.3, -0.25) is 4.79 Å². The maximum atomic E-state index is 12.4. The zero-order valence-electron chi connectivity index (χ0n) is 13.9. The van der Waals surface area contributed by atoms with Crippen molar-refractivity contribution in [3.8, 4) is 0 Å². The number of rotatable bonds is 3. The van der Waals surface area contributed by atoms with Crippen molar-refractivity contribution in [1.29, 1.82) is 0 Å². The number of carbonyl (C=O) groups is 1. The summed E-state index contributed by atoms with van der Waals surface area (Å²) in [7, 11) is 0. The van der Waals surface area contributed by atoms with Gasteiger partial charge in [0.05, 0.1) is 5.41 Å². The van der Waals surface area contributed by atoms with Gasteiger partial charge in [-0.2, -0.15) is 0 Å². The van der Waals surface area contributed by atoms with Crippen LogP contribution in [-0.2, 0) is 22.4 Å². The maximum Gasteiger partial charge on any atom is 0.312 e. The van der Waals surface area contributed by atoms with E-state index in [2.05, 4.69) is 31.2 Å². The van der Waals surface area contributed by atoms with Crippen molar-refractivity contribution in [1.82, 2.24) is 0 Å². The molecule has 0 bridgehead atoms. The quantitative estimate of drug-likeness (QED) is 0.754. The van der Waals surface area contributed by atoms with Gasteiger partial charge in [-0.1, -0.05) is 31.2 Å². The van der Waals surface area contributed by atoms with Crippen LogP contribution in [0.5, 0.6) is 0 Å². The summed E-state index contributed by atoms with van der Waals surface area (Å²) in [5, 5.41) is 0. The Bertz CT molecular complexity index is 504. The third-order valence-electron chi connectivity index (χ3n) is 4.97. The van der Waals surface area contributed by atoms with Crippen LogP contribution in [0.1, 0.15) is 64.5 Å². The van der Waals surface area contributed by atoms with Gasteiger partial charge in [0.25, 0.3) is 0 Å². The molecule has 0 heterocycles. The average molecular weight is 288 g/mol. The number of carbonyl (C=O) groups excluding carboxylic acids is 1. The van der Waals surface area contributed by atoms with Gasteiger partial charge in [-0.25, -0.2) is 0 Å². The molecule has 21 heavy (non-hydrogen) atoms. The molecule has 0 amide bonds. The minimum absolute atomic E-state index is 0.0543. The molecule has 0 saturated carbocycles. The Morgan fingerprint density at radius 2 is 1.81 bits per heavy atom. The molecule has 2 heteroatoms. The van der Waals surface area contributed by atoms with Crippen LogP contribution in [0, 0.1) is 5.41 Å². The third kappa shape index (κ3) is 3.87. The Hall–Kier alpha value is -1.31. The van der Waals surface area contributed by atoms with Gasteiger partial charge in [0, 0.05) is 0 Å². The number of esters is 1. The van der Waals surface area contributed by atoms with Crippen molar-refractivity contribution in [2.24, 2.45) is 5.41 Å². The van der Waals surface area contributed by atoms with E-state index in [1.165, 1.54) is 11.1 Å². The predicted molar refractivity (Wildman–Crippen MR) is 86.3 cm³/mol. The van der Waals surface area contributed by atoms with Gasteiger partial charge < -0.3 is 4.74 Å². The Morgan fingerprint density at radius 3 is 2.43 bits per heavy atom. The van der Waals surface area contributed by atoms with E-state index >= 15 is 0 Å². The van der Waals surface area contributed by atoms with E-state index in [1.807, 2.05) is 20.8 Å². The minimum Gasteiger partial charge on any atom is -0.459 e. The van der Waals surface area contributed by atoms with Crippen LogP contribution >= 0.6 is 0 Å². The number of benzene rings is 1. The maximum absolute atomic E-state index is 12.4. The largest absolute Gasteiger partial charge is 0.459 e. The summed E-state index contributed by atoms with van der Waals surface area (Å²) in [5.74, 6) is -0.0543. The van der Waals surface area contributed by atoms with Gasteiger partial charge >= 0.3 is 5.97 Å². The summed E-state index contributed by atoms with van der Waals surface area (Å²) >= 11 is 0. The zero-order valence-corrected chi connectivity index (χ0v) is 13.9. The number of hydrogen-bond donors (Lipinski definition) is 0. The second kappa shape index (κ2) is 6.21. The molecule has 0 aliphatic heterocycles. The van der Waals surface area contributed by atoms with Gasteiger partial charge in [-0.15, -0.1) is 0 Å². The molecule has 0 spiro atoms. The lowest BCUT2D eigenvalue weighted by atomic mass is 9.84. The smallest absolute Gasteiger partial charge is 0.312 e. The van der Waals surface area contributed by atoms with Crippen molar-refractivity contribution >= 4 is 5.97 Å². The summed E-state index contributed by atoms with van der Waals surface area (Å²) in [5.41, 5.74) is 2.16. The first kappa shape index (κ1) is 16.1. The fourth-order valence-corrected chi connectivity index (χ4v) is 2.83. The first-order valence-corrected chi connectivity index (χ1v) is 8.16. The highest BCUT2D eigenvalue weighted by Crippen LogP contribution is 2.33. The first-order chi connectivity index (χ1) is 9.86. The molecule has 0 saturated heterocycles. The molecule has 0 aromatic heterocycles. The molecular formula is C19H28O2. The normalized spacial score (nSPS) is 22.9. The van der Waals surface area contributed by atoms with E-state index in [0.29, 0.717) is 0 Å². The molecule has 1 aromatic carbocycles. The van der Waals surface area contributed by atoms with Crippen LogP contribution in [0.4, 0.5) is 0 Å². The van der Waals surface area contributed by atoms with E-state index in [9.17, 15) is 4.79 Å². The molecule has 1 atom stereocenters. The summed E-state index contributed by atoms with van der Waals surface area (Å²) in [6.07, 6.45) is 5.83. The molecule has 0 fully saturated rings. The number of ether oxygens (including phenoxy) is 1. The van der Waals surface area contributed by atoms with E-state index in [1.54, 1.807) is 0 Å². The molecule has 116 valence electrons. The Kier molecular flexibility index (Phi) is 4.75. The highest BCUT2D eigenvalue weighted by Gasteiger charge is 2.35. The molecule has 1 aromatic rings. The average Bonchev–Trinajstić information content (AvgIpc) is 2.44. The Balaban J connectivity index is 2.09. The van der Waals surface area contributed by atoms with Gasteiger partial charge in [0.2, 0.25) is 0 Å². The molecule has 0 radical (unpaired) electrons. The fourth-order valence-electron chi connectivity index (χ4n) is 2.83. The topological polar surface area (TPSA) is 26.3 Å². The van der Waals surface area contributed by atoms with Gasteiger partial charge in [-0.05, 0) is 70.4 Å². The summed E-state index contributed by atoms with van der Waals surface area (Å²) in [4.78, 5) is 12.4. The molecular weight excluding hydrogens is 260 g/mol. The second-order valence-corrected chi connectivity index (χ2v) is 7.20. The van der Waals surface area contributed by atoms with Crippen LogP contribution < -0.4 is 0 Å². The van der Waals surface area contributed by atoms with Crippen molar-refractivity contribution in [3.05, 3.63) is 35.4 Å². The van der Waals surface area contributed by atoms with Crippen molar-refractivity contribution in [2.75, 3.05) is 0 Å². The summed E-state index contributed by atoms with van der Waals surface area (Å²) < 4.78 is 5.95. The lowest BCUT2D eigenvalue weighted by Gasteiger charge is -2.35. The number of aryl methyl sites for hydroxylation is 2. The fraction of sp³-hybridized carbons (Fsp3) is 0.632. The molecule has 2 rings (SSSR count). The van der Waals surface area contributed by atoms with Crippen molar-refractivity contribution in [3.63, 3.8) is 0 Å². The lowest BCUT2D eigenvalue weighted by molar-refractivity contribution is -0.170. The molecule has 1 aliphatic carbocycles. The third-order valence-corrected chi connectivity index (χ3v) is 4.97. The highest BCUT2D eigenvalue weighted by molar-refractivity contribution is 5.76. The molecule has 2 nitrogen and oxygen atoms in total. The van der Waals surface area contributed by atoms with Crippen LogP contribution in [0.2, 0.25) is 0 Å². The highest BCUT2D eigenvalue weighted by atomic mass is 16.6. The van der Waals surface area contributed by atoms with Gasteiger partial charge in [0.15, 0.2) is 0 Å². The van der Waals surface area contributed by atoms with Gasteiger partial charge in [0.1, 0.15) is 5.60 Å². The Labute approximate surface area is 128 Å².